The Bertz CT molecular complexity index is 965. The van der Waals surface area contributed by atoms with E-state index in [1.807, 2.05) is 25.1 Å². The van der Waals surface area contributed by atoms with Gasteiger partial charge in [0, 0.05) is 43.5 Å². The van der Waals surface area contributed by atoms with Crippen molar-refractivity contribution in [2.45, 2.75) is 30.7 Å². The van der Waals surface area contributed by atoms with Crippen LogP contribution in [0.15, 0.2) is 46.0 Å². The van der Waals surface area contributed by atoms with Crippen LogP contribution in [0.4, 0.5) is 5.82 Å². The zero-order chi connectivity index (χ0) is 18.3. The van der Waals surface area contributed by atoms with Crippen LogP contribution in [-0.4, -0.2) is 55.3 Å². The Morgan fingerprint density at radius 2 is 1.88 bits per heavy atom. The highest BCUT2D eigenvalue weighted by atomic mass is 32.2. The summed E-state index contributed by atoms with van der Waals surface area (Å²) in [5.41, 5.74) is 1.66. The van der Waals surface area contributed by atoms with Crippen LogP contribution >= 0.6 is 0 Å². The number of hydrogen-bond acceptors (Lipinski definition) is 6. The lowest BCUT2D eigenvalue weighted by atomic mass is 10.0. The average molecular weight is 371 g/mol. The first kappa shape index (κ1) is 17.0. The summed E-state index contributed by atoms with van der Waals surface area (Å²) in [4.78, 5) is 13.1. The summed E-state index contributed by atoms with van der Waals surface area (Å²) in [5.74, 6) is 1.50. The molecule has 0 bridgehead atoms. The molecule has 1 fully saturated rings. The van der Waals surface area contributed by atoms with Crippen molar-refractivity contribution in [1.82, 2.24) is 14.9 Å². The second kappa shape index (κ2) is 6.35. The van der Waals surface area contributed by atoms with E-state index in [2.05, 4.69) is 31.2 Å². The number of hydrogen-bond donors (Lipinski definition) is 0. The van der Waals surface area contributed by atoms with E-state index >= 15 is 0 Å². The number of anilines is 1. The first-order valence-corrected chi connectivity index (χ1v) is 10.1. The molecule has 1 saturated heterocycles. The molecule has 26 heavy (non-hydrogen) atoms. The number of aryl methyl sites for hydroxylation is 1. The number of sulfonamides is 1. The third-order valence-corrected chi connectivity index (χ3v) is 6.40. The van der Waals surface area contributed by atoms with Gasteiger partial charge in [-0.3, -0.25) is 0 Å². The molecule has 0 atom stereocenters. The number of nitrogens with zero attached hydrogens (tertiary/aromatic N) is 5. The number of aromatic nitrogens is 2. The molecule has 3 heterocycles. The van der Waals surface area contributed by atoms with Crippen LogP contribution in [0.1, 0.15) is 24.1 Å². The van der Waals surface area contributed by atoms with Crippen molar-refractivity contribution in [1.29, 1.82) is 0 Å². The number of rotatable bonds is 2. The molecule has 7 nitrogen and oxygen atoms in total. The lowest BCUT2D eigenvalue weighted by Crippen LogP contribution is -2.45. The molecule has 0 saturated carbocycles. The fraction of sp³-hybridized carbons (Fsp3) is 0.389. The van der Waals surface area contributed by atoms with Crippen molar-refractivity contribution in [3.63, 3.8) is 0 Å². The van der Waals surface area contributed by atoms with Crippen molar-refractivity contribution in [2.75, 3.05) is 25.0 Å². The van der Waals surface area contributed by atoms with E-state index in [0.29, 0.717) is 22.3 Å². The highest BCUT2D eigenvalue weighted by molar-refractivity contribution is 7.90. The molecule has 2 aromatic rings. The summed E-state index contributed by atoms with van der Waals surface area (Å²) in [7, 11) is -1.51. The smallest absolute Gasteiger partial charge is 0.285 e. The molecule has 1 aromatic heterocycles. The molecular formula is C18H21N5O2S. The van der Waals surface area contributed by atoms with E-state index in [0.717, 1.165) is 37.4 Å². The topological polar surface area (TPSA) is 78.8 Å². The maximum absolute atomic E-state index is 12.3. The molecule has 0 spiro atoms. The van der Waals surface area contributed by atoms with Crippen LogP contribution in [0.25, 0.3) is 0 Å². The number of likely N-dealkylation sites (tertiary alicyclic amines) is 1. The van der Waals surface area contributed by atoms with Gasteiger partial charge in [-0.1, -0.05) is 12.1 Å². The molecule has 0 unspecified atom stereocenters. The van der Waals surface area contributed by atoms with Crippen molar-refractivity contribution >= 4 is 21.7 Å². The molecular weight excluding hydrogens is 350 g/mol. The van der Waals surface area contributed by atoms with Gasteiger partial charge >= 0.3 is 0 Å². The minimum absolute atomic E-state index is 0.311. The largest absolute Gasteiger partial charge is 0.356 e. The Morgan fingerprint density at radius 3 is 2.62 bits per heavy atom. The van der Waals surface area contributed by atoms with Crippen LogP contribution in [0, 0.1) is 6.92 Å². The first-order valence-electron chi connectivity index (χ1n) is 8.66. The summed E-state index contributed by atoms with van der Waals surface area (Å²) in [6.07, 6.45) is 3.42. The maximum Gasteiger partial charge on any atom is 0.285 e. The van der Waals surface area contributed by atoms with E-state index in [1.165, 1.54) is 0 Å². The van der Waals surface area contributed by atoms with Crippen molar-refractivity contribution < 1.29 is 8.42 Å². The maximum atomic E-state index is 12.3. The standard InChI is InChI=1S/C18H21N5O2S/c1-13-11-17(20-12-19-13)22(2)14-7-9-23(10-8-14)18-15-5-3-4-6-16(15)26(24,25)21-18/h3-6,11-12,14H,7-10H2,1-2H3. The van der Waals surface area contributed by atoms with Gasteiger partial charge in [-0.25, -0.2) is 9.97 Å². The minimum atomic E-state index is -3.56. The minimum Gasteiger partial charge on any atom is -0.356 e. The van der Waals surface area contributed by atoms with Gasteiger partial charge in [0.2, 0.25) is 0 Å². The third kappa shape index (κ3) is 2.94. The molecule has 8 heteroatoms. The Morgan fingerprint density at radius 1 is 1.15 bits per heavy atom. The molecule has 0 radical (unpaired) electrons. The van der Waals surface area contributed by atoms with E-state index in [1.54, 1.807) is 18.5 Å². The van der Waals surface area contributed by atoms with Gasteiger partial charge in [0.1, 0.15) is 17.0 Å². The Labute approximate surface area is 153 Å². The summed E-state index contributed by atoms with van der Waals surface area (Å²) in [5, 5.41) is 0. The van der Waals surface area contributed by atoms with Gasteiger partial charge in [0.15, 0.2) is 5.84 Å². The van der Waals surface area contributed by atoms with Crippen molar-refractivity contribution in [2.24, 2.45) is 4.40 Å². The zero-order valence-electron chi connectivity index (χ0n) is 14.8. The normalized spacial score (nSPS) is 19.2. The Balaban J connectivity index is 1.50. The second-order valence-corrected chi connectivity index (χ2v) is 8.31. The molecule has 136 valence electrons. The summed E-state index contributed by atoms with van der Waals surface area (Å²) in [6, 6.07) is 9.39. The van der Waals surface area contributed by atoms with E-state index in [4.69, 9.17) is 0 Å². The molecule has 2 aliphatic rings. The molecule has 0 aliphatic carbocycles. The summed E-state index contributed by atoms with van der Waals surface area (Å²) >= 11 is 0. The Hall–Kier alpha value is -2.48. The lowest BCUT2D eigenvalue weighted by molar-refractivity contribution is 0.308. The second-order valence-electron chi connectivity index (χ2n) is 6.73. The fourth-order valence-corrected chi connectivity index (χ4v) is 4.83. The van der Waals surface area contributed by atoms with E-state index < -0.39 is 10.0 Å². The van der Waals surface area contributed by atoms with Gasteiger partial charge in [0.05, 0.1) is 0 Å². The lowest BCUT2D eigenvalue weighted by Gasteiger charge is -2.38. The van der Waals surface area contributed by atoms with Gasteiger partial charge in [-0.05, 0) is 31.9 Å². The predicted molar refractivity (Wildman–Crippen MR) is 99.9 cm³/mol. The van der Waals surface area contributed by atoms with Crippen molar-refractivity contribution in [3.8, 4) is 0 Å². The fourth-order valence-electron chi connectivity index (χ4n) is 3.60. The predicted octanol–water partition coefficient (Wildman–Crippen LogP) is 1.83. The number of amidine groups is 1. The van der Waals surface area contributed by atoms with Gasteiger partial charge in [-0.15, -0.1) is 4.40 Å². The van der Waals surface area contributed by atoms with Crippen molar-refractivity contribution in [3.05, 3.63) is 47.9 Å². The van der Waals surface area contributed by atoms with Gasteiger partial charge in [0.25, 0.3) is 10.0 Å². The molecule has 0 amide bonds. The highest BCUT2D eigenvalue weighted by Gasteiger charge is 2.33. The van der Waals surface area contributed by atoms with Crippen LogP contribution in [0.2, 0.25) is 0 Å². The SMILES string of the molecule is Cc1cc(N(C)C2CCN(C3=NS(=O)(=O)c4ccccc43)CC2)ncn1. The first-order chi connectivity index (χ1) is 12.5. The van der Waals surface area contributed by atoms with Crippen LogP contribution in [0.5, 0.6) is 0 Å². The molecule has 2 aliphatic heterocycles. The highest BCUT2D eigenvalue weighted by Crippen LogP contribution is 2.29. The molecule has 0 N–H and O–H groups in total. The van der Waals surface area contributed by atoms with Crippen LogP contribution in [-0.2, 0) is 10.0 Å². The van der Waals surface area contributed by atoms with E-state index in [9.17, 15) is 8.42 Å². The number of benzene rings is 1. The molecule has 1 aromatic carbocycles. The summed E-state index contributed by atoms with van der Waals surface area (Å²) in [6.45, 7) is 3.49. The van der Waals surface area contributed by atoms with E-state index in [-0.39, 0.29) is 0 Å². The summed E-state index contributed by atoms with van der Waals surface area (Å²) < 4.78 is 28.6. The number of piperidine rings is 1. The van der Waals surface area contributed by atoms with Gasteiger partial charge < -0.3 is 9.80 Å². The Kier molecular flexibility index (Phi) is 4.14. The monoisotopic (exact) mass is 371 g/mol. The van der Waals surface area contributed by atoms with Crippen LogP contribution < -0.4 is 4.90 Å². The van der Waals surface area contributed by atoms with Gasteiger partial charge in [-0.2, -0.15) is 8.42 Å². The molecule has 4 rings (SSSR count). The van der Waals surface area contributed by atoms with Crippen LogP contribution in [0.3, 0.4) is 0 Å². The third-order valence-electron chi connectivity index (χ3n) is 5.07. The zero-order valence-corrected chi connectivity index (χ0v) is 15.6. The average Bonchev–Trinajstić information content (AvgIpc) is 2.93. The quantitative estimate of drug-likeness (QED) is 0.801. The number of fused-ring (bicyclic) bond motifs is 1.